The van der Waals surface area contributed by atoms with Crippen LogP contribution >= 0.6 is 0 Å². The molecule has 0 spiro atoms. The van der Waals surface area contributed by atoms with Gasteiger partial charge < -0.3 is 9.88 Å². The SMILES string of the molecule is Cc1nccn1C(C)C(=O)NC1CC1. The Labute approximate surface area is 83.3 Å². The Morgan fingerprint density at radius 3 is 2.93 bits per heavy atom. The fraction of sp³-hybridized carbons (Fsp3) is 0.600. The van der Waals surface area contributed by atoms with Gasteiger partial charge in [-0.3, -0.25) is 4.79 Å². The van der Waals surface area contributed by atoms with Crippen molar-refractivity contribution in [3.8, 4) is 0 Å². The van der Waals surface area contributed by atoms with E-state index in [2.05, 4.69) is 10.3 Å². The zero-order valence-electron chi connectivity index (χ0n) is 8.53. The van der Waals surface area contributed by atoms with Crippen molar-refractivity contribution in [3.63, 3.8) is 0 Å². The summed E-state index contributed by atoms with van der Waals surface area (Å²) in [5.74, 6) is 0.969. The molecule has 0 saturated heterocycles. The molecule has 1 amide bonds. The molecule has 1 unspecified atom stereocenters. The van der Waals surface area contributed by atoms with Crippen molar-refractivity contribution in [2.24, 2.45) is 0 Å². The highest BCUT2D eigenvalue weighted by molar-refractivity contribution is 5.80. The highest BCUT2D eigenvalue weighted by atomic mass is 16.2. The minimum atomic E-state index is -0.155. The maximum Gasteiger partial charge on any atom is 0.243 e. The summed E-state index contributed by atoms with van der Waals surface area (Å²) < 4.78 is 1.89. The number of aryl methyl sites for hydroxylation is 1. The quantitative estimate of drug-likeness (QED) is 0.779. The Morgan fingerprint density at radius 2 is 2.43 bits per heavy atom. The standard InChI is InChI=1S/C10H15N3O/c1-7(10(14)12-9-3-4-9)13-6-5-11-8(13)2/h5-7,9H,3-4H2,1-2H3,(H,12,14). The number of hydrogen-bond donors (Lipinski definition) is 1. The molecule has 1 aliphatic rings. The third kappa shape index (κ3) is 1.78. The molecule has 14 heavy (non-hydrogen) atoms. The number of amides is 1. The molecule has 1 aromatic rings. The number of aromatic nitrogens is 2. The lowest BCUT2D eigenvalue weighted by molar-refractivity contribution is -0.124. The van der Waals surface area contributed by atoms with Crippen LogP contribution in [-0.4, -0.2) is 21.5 Å². The summed E-state index contributed by atoms with van der Waals surface area (Å²) in [6.07, 6.45) is 5.81. The van der Waals surface area contributed by atoms with Crippen LogP contribution in [0, 0.1) is 6.92 Å². The van der Waals surface area contributed by atoms with Crippen molar-refractivity contribution in [1.82, 2.24) is 14.9 Å². The van der Waals surface area contributed by atoms with E-state index < -0.39 is 0 Å². The van der Waals surface area contributed by atoms with Gasteiger partial charge in [0.05, 0.1) is 0 Å². The highest BCUT2D eigenvalue weighted by Gasteiger charge is 2.26. The molecule has 1 atom stereocenters. The molecule has 1 N–H and O–H groups in total. The maximum absolute atomic E-state index is 11.7. The minimum Gasteiger partial charge on any atom is -0.352 e. The number of hydrogen-bond acceptors (Lipinski definition) is 2. The van der Waals surface area contributed by atoms with Gasteiger partial charge in [-0.2, -0.15) is 0 Å². The Hall–Kier alpha value is -1.32. The number of carbonyl (C=O) groups excluding carboxylic acids is 1. The molecular formula is C10H15N3O. The average molecular weight is 193 g/mol. The first-order valence-electron chi connectivity index (χ1n) is 4.98. The lowest BCUT2D eigenvalue weighted by atomic mass is 10.3. The lowest BCUT2D eigenvalue weighted by Gasteiger charge is -2.14. The molecule has 4 heteroatoms. The third-order valence-corrected chi connectivity index (χ3v) is 2.58. The molecule has 1 fully saturated rings. The van der Waals surface area contributed by atoms with Crippen molar-refractivity contribution in [3.05, 3.63) is 18.2 Å². The van der Waals surface area contributed by atoms with E-state index in [-0.39, 0.29) is 11.9 Å². The first-order valence-corrected chi connectivity index (χ1v) is 4.98. The minimum absolute atomic E-state index is 0.0913. The van der Waals surface area contributed by atoms with E-state index in [0.717, 1.165) is 18.7 Å². The highest BCUT2D eigenvalue weighted by Crippen LogP contribution is 2.20. The van der Waals surface area contributed by atoms with E-state index in [4.69, 9.17) is 0 Å². The molecule has 1 heterocycles. The van der Waals surface area contributed by atoms with Gasteiger partial charge in [-0.05, 0) is 26.7 Å². The number of imidazole rings is 1. The van der Waals surface area contributed by atoms with Gasteiger partial charge in [0.25, 0.3) is 0 Å². The topological polar surface area (TPSA) is 46.9 Å². The molecular weight excluding hydrogens is 178 g/mol. The van der Waals surface area contributed by atoms with Crippen LogP contribution in [0.25, 0.3) is 0 Å². The summed E-state index contributed by atoms with van der Waals surface area (Å²) in [6.45, 7) is 3.80. The average Bonchev–Trinajstić information content (AvgIpc) is 2.86. The Morgan fingerprint density at radius 1 is 1.71 bits per heavy atom. The van der Waals surface area contributed by atoms with Gasteiger partial charge in [0.1, 0.15) is 11.9 Å². The van der Waals surface area contributed by atoms with Gasteiger partial charge in [0.2, 0.25) is 5.91 Å². The predicted octanol–water partition coefficient (Wildman–Crippen LogP) is 1.03. The molecule has 1 aromatic heterocycles. The molecule has 0 aliphatic heterocycles. The summed E-state index contributed by atoms with van der Waals surface area (Å²) >= 11 is 0. The van der Waals surface area contributed by atoms with E-state index >= 15 is 0 Å². The van der Waals surface area contributed by atoms with Crippen LogP contribution in [0.1, 0.15) is 31.6 Å². The van der Waals surface area contributed by atoms with Gasteiger partial charge in [-0.15, -0.1) is 0 Å². The van der Waals surface area contributed by atoms with Crippen molar-refractivity contribution in [1.29, 1.82) is 0 Å². The smallest absolute Gasteiger partial charge is 0.243 e. The number of rotatable bonds is 3. The first-order chi connectivity index (χ1) is 6.68. The van der Waals surface area contributed by atoms with E-state index in [9.17, 15) is 4.79 Å². The van der Waals surface area contributed by atoms with E-state index in [1.165, 1.54) is 0 Å². The van der Waals surface area contributed by atoms with Crippen molar-refractivity contribution in [2.75, 3.05) is 0 Å². The van der Waals surface area contributed by atoms with Crippen LogP contribution in [0.5, 0.6) is 0 Å². The summed E-state index contributed by atoms with van der Waals surface area (Å²) in [7, 11) is 0. The third-order valence-electron chi connectivity index (χ3n) is 2.58. The van der Waals surface area contributed by atoms with Gasteiger partial charge >= 0.3 is 0 Å². The molecule has 0 bridgehead atoms. The molecule has 76 valence electrons. The van der Waals surface area contributed by atoms with Gasteiger partial charge in [-0.25, -0.2) is 4.98 Å². The number of carbonyl (C=O) groups is 1. The first kappa shape index (κ1) is 9.24. The van der Waals surface area contributed by atoms with E-state index in [0.29, 0.717) is 6.04 Å². The molecule has 4 nitrogen and oxygen atoms in total. The monoisotopic (exact) mass is 193 g/mol. The van der Waals surface area contributed by atoms with Crippen LogP contribution in [0.4, 0.5) is 0 Å². The van der Waals surface area contributed by atoms with E-state index in [1.54, 1.807) is 6.20 Å². The van der Waals surface area contributed by atoms with Crippen molar-refractivity contribution in [2.45, 2.75) is 38.8 Å². The Bertz CT molecular complexity index is 341. The maximum atomic E-state index is 11.7. The second-order valence-electron chi connectivity index (χ2n) is 3.84. The largest absolute Gasteiger partial charge is 0.352 e. The predicted molar refractivity (Wildman–Crippen MR) is 52.8 cm³/mol. The Kier molecular flexibility index (Phi) is 2.27. The van der Waals surface area contributed by atoms with Crippen LogP contribution in [-0.2, 0) is 4.79 Å². The molecule has 0 radical (unpaired) electrons. The molecule has 1 aliphatic carbocycles. The van der Waals surface area contributed by atoms with E-state index in [1.807, 2.05) is 24.6 Å². The normalized spacial score (nSPS) is 17.9. The molecule has 2 rings (SSSR count). The van der Waals surface area contributed by atoms with Crippen molar-refractivity contribution < 1.29 is 4.79 Å². The lowest BCUT2D eigenvalue weighted by Crippen LogP contribution is -2.32. The number of nitrogens with one attached hydrogen (secondary N) is 1. The van der Waals surface area contributed by atoms with Crippen LogP contribution in [0.2, 0.25) is 0 Å². The summed E-state index contributed by atoms with van der Waals surface area (Å²) in [6, 6.07) is 0.270. The van der Waals surface area contributed by atoms with Gasteiger partial charge in [-0.1, -0.05) is 0 Å². The van der Waals surface area contributed by atoms with Crippen molar-refractivity contribution >= 4 is 5.91 Å². The van der Waals surface area contributed by atoms with Gasteiger partial charge in [0, 0.05) is 18.4 Å². The second-order valence-corrected chi connectivity index (χ2v) is 3.84. The zero-order chi connectivity index (χ0) is 10.1. The van der Waals surface area contributed by atoms with Crippen LogP contribution < -0.4 is 5.32 Å². The van der Waals surface area contributed by atoms with Crippen LogP contribution in [0.3, 0.4) is 0 Å². The summed E-state index contributed by atoms with van der Waals surface area (Å²) in [5, 5.41) is 2.98. The summed E-state index contributed by atoms with van der Waals surface area (Å²) in [4.78, 5) is 15.8. The van der Waals surface area contributed by atoms with Gasteiger partial charge in [0.15, 0.2) is 0 Å². The number of nitrogens with zero attached hydrogens (tertiary/aromatic N) is 2. The fourth-order valence-electron chi connectivity index (χ4n) is 1.47. The molecule has 1 saturated carbocycles. The van der Waals surface area contributed by atoms with Crippen LogP contribution in [0.15, 0.2) is 12.4 Å². The second kappa shape index (κ2) is 3.44. The molecule has 0 aromatic carbocycles. The Balaban J connectivity index is 2.03. The summed E-state index contributed by atoms with van der Waals surface area (Å²) in [5.41, 5.74) is 0. The fourth-order valence-corrected chi connectivity index (χ4v) is 1.47. The zero-order valence-corrected chi connectivity index (χ0v) is 8.53.